The van der Waals surface area contributed by atoms with E-state index >= 15 is 0 Å². The number of allylic oxidation sites excluding steroid dienone is 1. The van der Waals surface area contributed by atoms with Crippen molar-refractivity contribution in [2.45, 2.75) is 13.0 Å². The number of halogens is 1. The van der Waals surface area contributed by atoms with Gasteiger partial charge in [-0.2, -0.15) is 10.1 Å². The van der Waals surface area contributed by atoms with Crippen molar-refractivity contribution >= 4 is 29.1 Å². The molecule has 1 atom stereocenters. The van der Waals surface area contributed by atoms with Gasteiger partial charge in [-0.15, -0.1) is 0 Å². The van der Waals surface area contributed by atoms with E-state index in [0.29, 0.717) is 45.0 Å². The zero-order valence-electron chi connectivity index (χ0n) is 17.0. The minimum Gasteiger partial charge on any atom is -0.508 e. The predicted octanol–water partition coefficient (Wildman–Crippen LogP) is 3.58. The fourth-order valence-corrected chi connectivity index (χ4v) is 3.77. The molecule has 9 nitrogen and oxygen atoms in total. The highest BCUT2D eigenvalue weighted by Crippen LogP contribution is 2.39. The van der Waals surface area contributed by atoms with E-state index in [1.165, 1.54) is 20.5 Å². The number of carbonyl (C=O) groups excluding carboxylic acids is 1. The molecule has 0 fully saturated rings. The predicted molar refractivity (Wildman–Crippen MR) is 116 cm³/mol. The Bertz CT molecular complexity index is 1190. The molecule has 3 aromatic rings. The third-order valence-corrected chi connectivity index (χ3v) is 5.24. The normalized spacial score (nSPS) is 15.2. The molecule has 2 aromatic carbocycles. The number of phenols is 1. The Morgan fingerprint density at radius 2 is 2.00 bits per heavy atom. The minimum atomic E-state index is -0.606. The molecule has 0 aliphatic carbocycles. The number of hydrogen-bond acceptors (Lipinski definition) is 7. The molecule has 0 saturated carbocycles. The van der Waals surface area contributed by atoms with E-state index in [-0.39, 0.29) is 11.7 Å². The Balaban J connectivity index is 1.77. The zero-order chi connectivity index (χ0) is 22.1. The molecule has 160 valence electrons. The van der Waals surface area contributed by atoms with E-state index in [4.69, 9.17) is 21.1 Å². The van der Waals surface area contributed by atoms with Crippen molar-refractivity contribution in [1.29, 1.82) is 0 Å². The topological polar surface area (TPSA) is 111 Å². The van der Waals surface area contributed by atoms with E-state index in [1.54, 1.807) is 41.9 Å². The smallest absolute Gasteiger partial charge is 0.255 e. The molecule has 1 unspecified atom stereocenters. The molecular formula is C21H20ClN5O4. The lowest BCUT2D eigenvalue weighted by molar-refractivity contribution is -0.113. The van der Waals surface area contributed by atoms with Crippen LogP contribution in [0.5, 0.6) is 17.2 Å². The highest BCUT2D eigenvalue weighted by molar-refractivity contribution is 6.32. The summed E-state index contributed by atoms with van der Waals surface area (Å²) in [5.74, 6) is 0.972. The van der Waals surface area contributed by atoms with Gasteiger partial charge < -0.3 is 25.2 Å². The number of carbonyl (C=O) groups is 1. The summed E-state index contributed by atoms with van der Waals surface area (Å²) in [6, 6.07) is 9.23. The van der Waals surface area contributed by atoms with Crippen LogP contribution < -0.4 is 20.1 Å². The van der Waals surface area contributed by atoms with Gasteiger partial charge >= 0.3 is 0 Å². The average molecular weight is 442 g/mol. The molecular weight excluding hydrogens is 422 g/mol. The molecule has 3 N–H and O–H groups in total. The van der Waals surface area contributed by atoms with Crippen LogP contribution in [-0.4, -0.2) is 40.0 Å². The maximum absolute atomic E-state index is 13.5. The van der Waals surface area contributed by atoms with Gasteiger partial charge in [-0.05, 0) is 24.6 Å². The quantitative estimate of drug-likeness (QED) is 0.555. The van der Waals surface area contributed by atoms with Gasteiger partial charge in [0.25, 0.3) is 5.91 Å². The van der Waals surface area contributed by atoms with Gasteiger partial charge in [-0.25, -0.2) is 4.68 Å². The number of nitrogens with zero attached hydrogens (tertiary/aromatic N) is 3. The molecule has 1 aliphatic rings. The first-order valence-electron chi connectivity index (χ1n) is 9.32. The van der Waals surface area contributed by atoms with Crippen LogP contribution in [0.3, 0.4) is 0 Å². The number of aromatic hydroxyl groups is 1. The second-order valence-electron chi connectivity index (χ2n) is 6.83. The van der Waals surface area contributed by atoms with Crippen LogP contribution in [0.15, 0.2) is 54.0 Å². The number of rotatable bonds is 5. The molecule has 0 bridgehead atoms. The van der Waals surface area contributed by atoms with Gasteiger partial charge in [0.1, 0.15) is 29.6 Å². The first-order chi connectivity index (χ1) is 14.9. The lowest BCUT2D eigenvalue weighted by Crippen LogP contribution is -2.31. The van der Waals surface area contributed by atoms with E-state index in [2.05, 4.69) is 20.7 Å². The van der Waals surface area contributed by atoms with Gasteiger partial charge in [0.05, 0.1) is 30.5 Å². The molecule has 4 rings (SSSR count). The molecule has 1 aliphatic heterocycles. The molecule has 10 heteroatoms. The molecule has 1 aromatic heterocycles. The Hall–Kier alpha value is -3.72. The van der Waals surface area contributed by atoms with Crippen molar-refractivity contribution in [2.24, 2.45) is 0 Å². The van der Waals surface area contributed by atoms with Crippen LogP contribution in [0.1, 0.15) is 18.5 Å². The summed E-state index contributed by atoms with van der Waals surface area (Å²) in [5, 5.41) is 20.6. The zero-order valence-corrected chi connectivity index (χ0v) is 17.8. The second kappa shape index (κ2) is 8.19. The van der Waals surface area contributed by atoms with Crippen molar-refractivity contribution in [1.82, 2.24) is 14.8 Å². The number of aromatic nitrogens is 3. The maximum atomic E-state index is 13.5. The largest absolute Gasteiger partial charge is 0.508 e. The summed E-state index contributed by atoms with van der Waals surface area (Å²) in [6.45, 7) is 1.78. The molecule has 1 amide bonds. The van der Waals surface area contributed by atoms with E-state index in [9.17, 15) is 9.90 Å². The first kappa shape index (κ1) is 20.5. The Morgan fingerprint density at radius 1 is 1.23 bits per heavy atom. The average Bonchev–Trinajstić information content (AvgIpc) is 3.21. The Labute approximate surface area is 183 Å². The van der Waals surface area contributed by atoms with Crippen molar-refractivity contribution < 1.29 is 19.4 Å². The van der Waals surface area contributed by atoms with Crippen LogP contribution in [0.4, 0.5) is 11.6 Å². The number of anilines is 2. The summed E-state index contributed by atoms with van der Waals surface area (Å²) in [6.07, 6.45) is 1.40. The van der Waals surface area contributed by atoms with E-state index in [0.717, 1.165) is 0 Å². The van der Waals surface area contributed by atoms with Crippen LogP contribution in [0.25, 0.3) is 0 Å². The van der Waals surface area contributed by atoms with Crippen molar-refractivity contribution in [3.05, 3.63) is 64.6 Å². The number of ether oxygens (including phenoxy) is 2. The van der Waals surface area contributed by atoms with Crippen LogP contribution >= 0.6 is 11.6 Å². The van der Waals surface area contributed by atoms with E-state index in [1.807, 2.05) is 6.07 Å². The summed E-state index contributed by atoms with van der Waals surface area (Å²) in [7, 11) is 2.97. The lowest BCUT2D eigenvalue weighted by Gasteiger charge is -2.29. The molecule has 0 saturated heterocycles. The van der Waals surface area contributed by atoms with E-state index < -0.39 is 6.04 Å². The lowest BCUT2D eigenvalue weighted by atomic mass is 9.95. The Morgan fingerprint density at radius 3 is 2.71 bits per heavy atom. The number of phenolic OH excluding ortho intramolecular Hbond substituents is 1. The fraction of sp³-hybridized carbons (Fsp3) is 0.190. The highest BCUT2D eigenvalue weighted by atomic mass is 35.5. The second-order valence-corrected chi connectivity index (χ2v) is 7.24. The van der Waals surface area contributed by atoms with Crippen molar-refractivity contribution in [2.75, 3.05) is 24.9 Å². The first-order valence-corrected chi connectivity index (χ1v) is 9.69. The number of nitrogens with one attached hydrogen (secondary N) is 2. The van der Waals surface area contributed by atoms with Crippen LogP contribution in [-0.2, 0) is 4.79 Å². The number of methoxy groups -OCH3 is 2. The van der Waals surface area contributed by atoms with Crippen LogP contribution in [0, 0.1) is 0 Å². The number of fused-ring (bicyclic) bond motifs is 1. The monoisotopic (exact) mass is 441 g/mol. The summed E-state index contributed by atoms with van der Waals surface area (Å²) in [4.78, 5) is 17.7. The molecule has 31 heavy (non-hydrogen) atoms. The fourth-order valence-electron chi connectivity index (χ4n) is 3.54. The number of amides is 1. The molecule has 0 radical (unpaired) electrons. The summed E-state index contributed by atoms with van der Waals surface area (Å²) < 4.78 is 12.2. The minimum absolute atomic E-state index is 0.0826. The van der Waals surface area contributed by atoms with Gasteiger partial charge in [0.15, 0.2) is 0 Å². The molecule has 0 spiro atoms. The standard InChI is InChI=1S/C21H20ClN5O4/c1-11-18(20(29)26-15-9-16(30-2)14(22)8-17(15)31-3)19(12-5-4-6-13(28)7-12)27-21(25-11)23-10-24-27/h4-10,19,28H,1-3H3,(H,26,29)(H,23,24,25). The van der Waals surface area contributed by atoms with Gasteiger partial charge in [-0.3, -0.25) is 4.79 Å². The van der Waals surface area contributed by atoms with Gasteiger partial charge in [0, 0.05) is 17.8 Å². The number of hydrogen-bond donors (Lipinski definition) is 3. The maximum Gasteiger partial charge on any atom is 0.255 e. The number of benzene rings is 2. The van der Waals surface area contributed by atoms with Crippen molar-refractivity contribution in [3.63, 3.8) is 0 Å². The van der Waals surface area contributed by atoms with Crippen molar-refractivity contribution in [3.8, 4) is 17.2 Å². The summed E-state index contributed by atoms with van der Waals surface area (Å²) in [5.41, 5.74) is 2.08. The third-order valence-electron chi connectivity index (χ3n) is 4.95. The van der Waals surface area contributed by atoms with Gasteiger partial charge in [0.2, 0.25) is 5.95 Å². The summed E-state index contributed by atoms with van der Waals surface area (Å²) >= 11 is 6.17. The highest BCUT2D eigenvalue weighted by Gasteiger charge is 2.34. The molecule has 2 heterocycles. The van der Waals surface area contributed by atoms with Gasteiger partial charge in [-0.1, -0.05) is 23.7 Å². The Kier molecular flexibility index (Phi) is 5.43. The third kappa shape index (κ3) is 3.75. The SMILES string of the molecule is COc1cc(NC(=O)C2=C(C)Nc3ncnn3C2c2cccc(O)c2)c(OC)cc1Cl. The van der Waals surface area contributed by atoms with Crippen LogP contribution in [0.2, 0.25) is 5.02 Å².